The molecule has 0 fully saturated rings. The molecule has 0 atom stereocenters. The molecule has 0 saturated heterocycles. The van der Waals surface area contributed by atoms with Gasteiger partial charge in [-0.25, -0.2) is 4.98 Å². The Labute approximate surface area is 85.3 Å². The number of nitrogens with zero attached hydrogens (tertiary/aromatic N) is 2. The lowest BCUT2D eigenvalue weighted by Crippen LogP contribution is -2.15. The standard InChI is InChI=1S/C11H19N3/c1-2-9-10(6-7-12)14-8-4-3-5-11(14)13-9/h2-8,12H2,1H3. The summed E-state index contributed by atoms with van der Waals surface area (Å²) in [6.07, 6.45) is 5.76. The van der Waals surface area contributed by atoms with E-state index in [1.54, 1.807) is 0 Å². The normalized spacial score (nSPS) is 15.6. The molecule has 1 aromatic rings. The summed E-state index contributed by atoms with van der Waals surface area (Å²) in [4.78, 5) is 4.70. The Morgan fingerprint density at radius 2 is 2.29 bits per heavy atom. The zero-order valence-corrected chi connectivity index (χ0v) is 8.92. The van der Waals surface area contributed by atoms with Gasteiger partial charge in [0, 0.05) is 25.1 Å². The highest BCUT2D eigenvalue weighted by molar-refractivity contribution is 5.19. The van der Waals surface area contributed by atoms with E-state index >= 15 is 0 Å². The number of nitrogens with two attached hydrogens (primary N) is 1. The molecule has 0 unspecified atom stereocenters. The van der Waals surface area contributed by atoms with Crippen LogP contribution in [0.15, 0.2) is 0 Å². The summed E-state index contributed by atoms with van der Waals surface area (Å²) in [7, 11) is 0. The van der Waals surface area contributed by atoms with Crippen LogP contribution in [0.1, 0.15) is 37.0 Å². The molecular weight excluding hydrogens is 174 g/mol. The van der Waals surface area contributed by atoms with Gasteiger partial charge in [-0.3, -0.25) is 0 Å². The van der Waals surface area contributed by atoms with Crippen LogP contribution in [0.4, 0.5) is 0 Å². The van der Waals surface area contributed by atoms with Gasteiger partial charge < -0.3 is 10.3 Å². The molecule has 0 aromatic carbocycles. The smallest absolute Gasteiger partial charge is 0.109 e. The largest absolute Gasteiger partial charge is 0.332 e. The van der Waals surface area contributed by atoms with Crippen molar-refractivity contribution >= 4 is 0 Å². The molecule has 2 rings (SSSR count). The Kier molecular flexibility index (Phi) is 2.87. The fourth-order valence-corrected chi connectivity index (χ4v) is 2.30. The molecule has 1 aliphatic rings. The van der Waals surface area contributed by atoms with Crippen LogP contribution in [-0.4, -0.2) is 16.1 Å². The van der Waals surface area contributed by atoms with E-state index in [-0.39, 0.29) is 0 Å². The third-order valence-electron chi connectivity index (χ3n) is 2.98. The van der Waals surface area contributed by atoms with Gasteiger partial charge in [-0.2, -0.15) is 0 Å². The molecule has 14 heavy (non-hydrogen) atoms. The van der Waals surface area contributed by atoms with Crippen LogP contribution in [0.25, 0.3) is 0 Å². The second-order valence-electron chi connectivity index (χ2n) is 3.92. The van der Waals surface area contributed by atoms with Crippen LogP contribution in [-0.2, 0) is 25.8 Å². The van der Waals surface area contributed by atoms with E-state index in [0.717, 1.165) is 32.4 Å². The minimum Gasteiger partial charge on any atom is -0.332 e. The van der Waals surface area contributed by atoms with Crippen molar-refractivity contribution in [3.63, 3.8) is 0 Å². The van der Waals surface area contributed by atoms with E-state index in [1.807, 2.05) is 0 Å². The number of rotatable bonds is 3. The Morgan fingerprint density at radius 1 is 1.43 bits per heavy atom. The number of fused-ring (bicyclic) bond motifs is 1. The topological polar surface area (TPSA) is 43.8 Å². The van der Waals surface area contributed by atoms with Gasteiger partial charge in [0.25, 0.3) is 0 Å². The van der Waals surface area contributed by atoms with E-state index in [9.17, 15) is 0 Å². The first-order valence-corrected chi connectivity index (χ1v) is 5.64. The fraction of sp³-hybridized carbons (Fsp3) is 0.727. The van der Waals surface area contributed by atoms with Crippen LogP contribution in [0.2, 0.25) is 0 Å². The van der Waals surface area contributed by atoms with Crippen LogP contribution in [0.3, 0.4) is 0 Å². The van der Waals surface area contributed by atoms with Crippen molar-refractivity contribution in [1.82, 2.24) is 9.55 Å². The van der Waals surface area contributed by atoms with Gasteiger partial charge in [0.1, 0.15) is 5.82 Å². The van der Waals surface area contributed by atoms with E-state index in [2.05, 4.69) is 11.5 Å². The lowest BCUT2D eigenvalue weighted by Gasteiger charge is -2.16. The maximum Gasteiger partial charge on any atom is 0.109 e. The van der Waals surface area contributed by atoms with Gasteiger partial charge >= 0.3 is 0 Å². The molecule has 3 nitrogen and oxygen atoms in total. The Morgan fingerprint density at radius 3 is 3.00 bits per heavy atom. The highest BCUT2D eigenvalue weighted by Gasteiger charge is 2.17. The molecule has 0 spiro atoms. The molecule has 0 saturated carbocycles. The lowest BCUT2D eigenvalue weighted by atomic mass is 10.1. The second kappa shape index (κ2) is 4.13. The average Bonchev–Trinajstić information content (AvgIpc) is 2.58. The van der Waals surface area contributed by atoms with Crippen molar-refractivity contribution in [3.05, 3.63) is 17.2 Å². The Hall–Kier alpha value is -0.830. The molecule has 0 amide bonds. The van der Waals surface area contributed by atoms with E-state index in [1.165, 1.54) is 30.1 Å². The van der Waals surface area contributed by atoms with Crippen molar-refractivity contribution in [3.8, 4) is 0 Å². The average molecular weight is 193 g/mol. The zero-order chi connectivity index (χ0) is 9.97. The van der Waals surface area contributed by atoms with Crippen LogP contribution in [0.5, 0.6) is 0 Å². The molecule has 0 radical (unpaired) electrons. The maximum absolute atomic E-state index is 5.64. The van der Waals surface area contributed by atoms with Crippen LogP contribution in [0, 0.1) is 0 Å². The summed E-state index contributed by atoms with van der Waals surface area (Å²) < 4.78 is 2.40. The highest BCUT2D eigenvalue weighted by Crippen LogP contribution is 2.20. The second-order valence-corrected chi connectivity index (χ2v) is 3.92. The number of hydrogen-bond donors (Lipinski definition) is 1. The SMILES string of the molecule is CCc1nc2n(c1CCN)CCCC2. The first kappa shape index (κ1) is 9.71. The molecule has 1 aromatic heterocycles. The summed E-state index contributed by atoms with van der Waals surface area (Å²) >= 11 is 0. The molecule has 0 aliphatic carbocycles. The summed E-state index contributed by atoms with van der Waals surface area (Å²) in [5, 5.41) is 0. The van der Waals surface area contributed by atoms with Gasteiger partial charge in [0.2, 0.25) is 0 Å². The fourth-order valence-electron chi connectivity index (χ4n) is 2.30. The molecular formula is C11H19N3. The number of aromatic nitrogens is 2. The molecule has 3 heteroatoms. The number of aryl methyl sites for hydroxylation is 2. The first-order valence-electron chi connectivity index (χ1n) is 5.64. The van der Waals surface area contributed by atoms with Crippen LogP contribution >= 0.6 is 0 Å². The predicted molar refractivity (Wildman–Crippen MR) is 57.3 cm³/mol. The van der Waals surface area contributed by atoms with Crippen molar-refractivity contribution < 1.29 is 0 Å². The van der Waals surface area contributed by atoms with Crippen molar-refractivity contribution in [2.24, 2.45) is 5.73 Å². The monoisotopic (exact) mass is 193 g/mol. The maximum atomic E-state index is 5.64. The Bertz CT molecular complexity index is 315. The van der Waals surface area contributed by atoms with E-state index in [4.69, 9.17) is 10.7 Å². The molecule has 2 N–H and O–H groups in total. The van der Waals surface area contributed by atoms with E-state index in [0.29, 0.717) is 0 Å². The Balaban J connectivity index is 2.37. The van der Waals surface area contributed by atoms with Gasteiger partial charge in [-0.05, 0) is 25.8 Å². The van der Waals surface area contributed by atoms with Gasteiger partial charge in [-0.1, -0.05) is 6.92 Å². The van der Waals surface area contributed by atoms with Crippen LogP contribution < -0.4 is 5.73 Å². The third-order valence-corrected chi connectivity index (χ3v) is 2.98. The van der Waals surface area contributed by atoms with Gasteiger partial charge in [-0.15, -0.1) is 0 Å². The van der Waals surface area contributed by atoms with Crippen molar-refractivity contribution in [2.45, 2.75) is 45.6 Å². The number of hydrogen-bond acceptors (Lipinski definition) is 2. The summed E-state index contributed by atoms with van der Waals surface area (Å²) in [6, 6.07) is 0. The lowest BCUT2D eigenvalue weighted by molar-refractivity contribution is 0.508. The first-order chi connectivity index (χ1) is 6.86. The minimum atomic E-state index is 0.734. The van der Waals surface area contributed by atoms with Crippen molar-refractivity contribution in [1.29, 1.82) is 0 Å². The third kappa shape index (κ3) is 1.57. The number of imidazole rings is 1. The highest BCUT2D eigenvalue weighted by atomic mass is 15.1. The summed E-state index contributed by atoms with van der Waals surface area (Å²) in [5.41, 5.74) is 8.30. The summed E-state index contributed by atoms with van der Waals surface area (Å²) in [6.45, 7) is 4.06. The summed E-state index contributed by atoms with van der Waals surface area (Å²) in [5.74, 6) is 1.29. The quantitative estimate of drug-likeness (QED) is 0.786. The molecule has 2 heterocycles. The molecule has 1 aliphatic heterocycles. The van der Waals surface area contributed by atoms with Crippen molar-refractivity contribution in [2.75, 3.05) is 6.54 Å². The van der Waals surface area contributed by atoms with Gasteiger partial charge in [0.15, 0.2) is 0 Å². The van der Waals surface area contributed by atoms with E-state index < -0.39 is 0 Å². The molecule has 78 valence electrons. The predicted octanol–water partition coefficient (Wildman–Crippen LogP) is 1.28. The minimum absolute atomic E-state index is 0.734. The zero-order valence-electron chi connectivity index (χ0n) is 8.92. The molecule has 0 bridgehead atoms. The van der Waals surface area contributed by atoms with Gasteiger partial charge in [0.05, 0.1) is 5.69 Å².